The van der Waals surface area contributed by atoms with Gasteiger partial charge in [-0.1, -0.05) is 20.8 Å². The molecule has 0 spiro atoms. The third kappa shape index (κ3) is 2.35. The molecule has 1 aromatic rings. The Kier molecular flexibility index (Phi) is 4.14. The van der Waals surface area contributed by atoms with E-state index in [2.05, 4.69) is 36.6 Å². The zero-order valence-corrected chi connectivity index (χ0v) is 9.40. The standard InChI is InChI=1S/C11H21N3/c1-4-7-14-11(5-6-13-14)10(3)9(2)8-12/h5-6,9-10H,4,7-8,12H2,1-3H3. The third-order valence-electron chi connectivity index (χ3n) is 2.88. The Balaban J connectivity index is 2.77. The van der Waals surface area contributed by atoms with Crippen LogP contribution in [0.3, 0.4) is 0 Å². The highest BCUT2D eigenvalue weighted by atomic mass is 15.3. The van der Waals surface area contributed by atoms with E-state index >= 15 is 0 Å². The van der Waals surface area contributed by atoms with Crippen molar-refractivity contribution < 1.29 is 0 Å². The summed E-state index contributed by atoms with van der Waals surface area (Å²) < 4.78 is 2.09. The lowest BCUT2D eigenvalue weighted by molar-refractivity contribution is 0.452. The maximum absolute atomic E-state index is 5.67. The van der Waals surface area contributed by atoms with Gasteiger partial charge < -0.3 is 5.73 Å². The molecule has 0 aliphatic rings. The minimum absolute atomic E-state index is 0.494. The van der Waals surface area contributed by atoms with Crippen molar-refractivity contribution in [1.82, 2.24) is 9.78 Å². The van der Waals surface area contributed by atoms with Gasteiger partial charge in [0.15, 0.2) is 0 Å². The molecule has 0 aliphatic heterocycles. The van der Waals surface area contributed by atoms with Gasteiger partial charge >= 0.3 is 0 Å². The quantitative estimate of drug-likeness (QED) is 0.781. The van der Waals surface area contributed by atoms with E-state index in [1.54, 1.807) is 0 Å². The van der Waals surface area contributed by atoms with Gasteiger partial charge in [0.05, 0.1) is 0 Å². The Bertz CT molecular complexity index is 267. The summed E-state index contributed by atoms with van der Waals surface area (Å²) in [6.45, 7) is 8.32. The zero-order chi connectivity index (χ0) is 10.6. The largest absolute Gasteiger partial charge is 0.330 e. The van der Waals surface area contributed by atoms with E-state index in [0.717, 1.165) is 19.5 Å². The van der Waals surface area contributed by atoms with Crippen LogP contribution in [0.4, 0.5) is 0 Å². The van der Waals surface area contributed by atoms with E-state index in [0.29, 0.717) is 11.8 Å². The number of hydrogen-bond acceptors (Lipinski definition) is 2. The van der Waals surface area contributed by atoms with Gasteiger partial charge in [-0.15, -0.1) is 0 Å². The maximum atomic E-state index is 5.67. The molecular weight excluding hydrogens is 174 g/mol. The minimum Gasteiger partial charge on any atom is -0.330 e. The molecular formula is C11H21N3. The van der Waals surface area contributed by atoms with Crippen LogP contribution in [0.5, 0.6) is 0 Å². The first-order chi connectivity index (χ1) is 6.70. The zero-order valence-electron chi connectivity index (χ0n) is 9.40. The van der Waals surface area contributed by atoms with E-state index in [-0.39, 0.29) is 0 Å². The lowest BCUT2D eigenvalue weighted by Crippen LogP contribution is -2.19. The smallest absolute Gasteiger partial charge is 0.0492 e. The summed E-state index contributed by atoms with van der Waals surface area (Å²) in [5.41, 5.74) is 6.98. The second-order valence-electron chi connectivity index (χ2n) is 3.98. The molecule has 2 N–H and O–H groups in total. The molecule has 0 saturated carbocycles. The van der Waals surface area contributed by atoms with E-state index in [4.69, 9.17) is 5.73 Å². The van der Waals surface area contributed by atoms with E-state index in [9.17, 15) is 0 Å². The molecule has 3 heteroatoms. The first kappa shape index (κ1) is 11.2. The van der Waals surface area contributed by atoms with E-state index in [1.807, 2.05) is 6.20 Å². The van der Waals surface area contributed by atoms with Gasteiger partial charge in [-0.3, -0.25) is 4.68 Å². The topological polar surface area (TPSA) is 43.8 Å². The normalized spacial score (nSPS) is 15.4. The number of aromatic nitrogens is 2. The minimum atomic E-state index is 0.494. The van der Waals surface area contributed by atoms with Crippen LogP contribution >= 0.6 is 0 Å². The van der Waals surface area contributed by atoms with Crippen molar-refractivity contribution in [2.24, 2.45) is 11.7 Å². The van der Waals surface area contributed by atoms with Gasteiger partial charge in [-0.2, -0.15) is 5.10 Å². The van der Waals surface area contributed by atoms with Gasteiger partial charge in [0.1, 0.15) is 0 Å². The fourth-order valence-corrected chi connectivity index (χ4v) is 1.62. The highest BCUT2D eigenvalue weighted by molar-refractivity contribution is 5.08. The molecule has 2 unspecified atom stereocenters. The Morgan fingerprint density at radius 2 is 2.21 bits per heavy atom. The molecule has 0 aliphatic carbocycles. The molecule has 0 aromatic carbocycles. The van der Waals surface area contributed by atoms with Crippen LogP contribution in [-0.4, -0.2) is 16.3 Å². The molecule has 1 heterocycles. The van der Waals surface area contributed by atoms with Gasteiger partial charge in [0.25, 0.3) is 0 Å². The van der Waals surface area contributed by atoms with Crippen LogP contribution < -0.4 is 5.73 Å². The predicted octanol–water partition coefficient (Wildman–Crippen LogP) is 1.99. The lowest BCUT2D eigenvalue weighted by Gasteiger charge is -2.19. The first-order valence-corrected chi connectivity index (χ1v) is 5.42. The molecule has 80 valence electrons. The van der Waals surface area contributed by atoms with E-state index < -0.39 is 0 Å². The van der Waals surface area contributed by atoms with Crippen molar-refractivity contribution in [3.63, 3.8) is 0 Å². The molecule has 2 atom stereocenters. The molecule has 0 fully saturated rings. The SMILES string of the molecule is CCCn1nccc1C(C)C(C)CN. The molecule has 0 radical (unpaired) electrons. The lowest BCUT2D eigenvalue weighted by atomic mass is 9.93. The molecule has 0 amide bonds. The van der Waals surface area contributed by atoms with Gasteiger partial charge in [0, 0.05) is 24.4 Å². The first-order valence-electron chi connectivity index (χ1n) is 5.42. The molecule has 0 bridgehead atoms. The highest BCUT2D eigenvalue weighted by Crippen LogP contribution is 2.22. The summed E-state index contributed by atoms with van der Waals surface area (Å²) in [4.78, 5) is 0. The summed E-state index contributed by atoms with van der Waals surface area (Å²) >= 11 is 0. The Morgan fingerprint density at radius 3 is 2.79 bits per heavy atom. The summed E-state index contributed by atoms with van der Waals surface area (Å²) in [7, 11) is 0. The Morgan fingerprint density at radius 1 is 1.50 bits per heavy atom. The number of rotatable bonds is 5. The summed E-state index contributed by atoms with van der Waals surface area (Å²) in [5, 5.41) is 4.32. The number of aryl methyl sites for hydroxylation is 1. The van der Waals surface area contributed by atoms with Crippen LogP contribution in [0.15, 0.2) is 12.3 Å². The number of nitrogens with two attached hydrogens (primary N) is 1. The molecule has 1 aromatic heterocycles. The van der Waals surface area contributed by atoms with Crippen LogP contribution in [0.2, 0.25) is 0 Å². The highest BCUT2D eigenvalue weighted by Gasteiger charge is 2.16. The molecule has 14 heavy (non-hydrogen) atoms. The van der Waals surface area contributed by atoms with Gasteiger partial charge in [-0.05, 0) is 24.9 Å². The monoisotopic (exact) mass is 195 g/mol. The van der Waals surface area contributed by atoms with E-state index in [1.165, 1.54) is 5.69 Å². The predicted molar refractivity (Wildman–Crippen MR) is 59.2 cm³/mol. The van der Waals surface area contributed by atoms with Crippen molar-refractivity contribution in [2.75, 3.05) is 6.54 Å². The summed E-state index contributed by atoms with van der Waals surface area (Å²) in [5.74, 6) is 1.01. The second-order valence-corrected chi connectivity index (χ2v) is 3.98. The Hall–Kier alpha value is -0.830. The third-order valence-corrected chi connectivity index (χ3v) is 2.88. The van der Waals surface area contributed by atoms with Gasteiger partial charge in [-0.25, -0.2) is 0 Å². The average molecular weight is 195 g/mol. The molecule has 3 nitrogen and oxygen atoms in total. The fraction of sp³-hybridized carbons (Fsp3) is 0.727. The van der Waals surface area contributed by atoms with Crippen molar-refractivity contribution in [3.05, 3.63) is 18.0 Å². The Labute approximate surface area is 86.3 Å². The number of hydrogen-bond donors (Lipinski definition) is 1. The molecule has 1 rings (SSSR count). The van der Waals surface area contributed by atoms with Crippen molar-refractivity contribution in [2.45, 2.75) is 39.7 Å². The summed E-state index contributed by atoms with van der Waals surface area (Å²) in [6, 6.07) is 2.10. The van der Waals surface area contributed by atoms with Crippen molar-refractivity contribution >= 4 is 0 Å². The van der Waals surface area contributed by atoms with Gasteiger partial charge in [0.2, 0.25) is 0 Å². The molecule has 0 saturated heterocycles. The van der Waals surface area contributed by atoms with Crippen LogP contribution in [0.1, 0.15) is 38.8 Å². The van der Waals surface area contributed by atoms with Crippen LogP contribution in [0, 0.1) is 5.92 Å². The fourth-order valence-electron chi connectivity index (χ4n) is 1.62. The average Bonchev–Trinajstić information content (AvgIpc) is 2.64. The van der Waals surface area contributed by atoms with Crippen LogP contribution in [-0.2, 0) is 6.54 Å². The second kappa shape index (κ2) is 5.15. The number of nitrogens with zero attached hydrogens (tertiary/aromatic N) is 2. The summed E-state index contributed by atoms with van der Waals surface area (Å²) in [6.07, 6.45) is 3.00. The maximum Gasteiger partial charge on any atom is 0.0492 e. The van der Waals surface area contributed by atoms with Crippen molar-refractivity contribution in [3.8, 4) is 0 Å². The van der Waals surface area contributed by atoms with Crippen molar-refractivity contribution in [1.29, 1.82) is 0 Å². The van der Waals surface area contributed by atoms with Crippen LogP contribution in [0.25, 0.3) is 0 Å².